The largest absolute Gasteiger partial charge is 0.454 e. The summed E-state index contributed by atoms with van der Waals surface area (Å²) >= 11 is 0. The molecule has 0 fully saturated rings. The van der Waals surface area contributed by atoms with Gasteiger partial charge in [0.15, 0.2) is 17.6 Å². The Hall–Kier alpha value is -3.48. The highest BCUT2D eigenvalue weighted by atomic mass is 16.7. The maximum Gasteiger partial charge on any atom is 0.355 e. The highest BCUT2D eigenvalue weighted by molar-refractivity contribution is 5.99. The van der Waals surface area contributed by atoms with Crippen molar-refractivity contribution in [2.24, 2.45) is 0 Å². The first-order valence-corrected chi connectivity index (χ1v) is 8.09. The monoisotopic (exact) mass is 352 g/mol. The minimum atomic E-state index is -0.959. The molecule has 1 atom stereocenters. The quantitative estimate of drug-likeness (QED) is 0.704. The van der Waals surface area contributed by atoms with Crippen molar-refractivity contribution in [3.63, 3.8) is 0 Å². The number of esters is 1. The normalized spacial score (nSPS) is 13.4. The molecule has 132 valence electrons. The van der Waals surface area contributed by atoms with Gasteiger partial charge in [0.05, 0.1) is 0 Å². The van der Waals surface area contributed by atoms with E-state index >= 15 is 0 Å². The number of ether oxygens (including phenoxy) is 3. The number of nitrogens with one attached hydrogen (secondary N) is 2. The zero-order valence-electron chi connectivity index (χ0n) is 13.9. The van der Waals surface area contributed by atoms with Gasteiger partial charge in [0.2, 0.25) is 6.79 Å². The van der Waals surface area contributed by atoms with Crippen molar-refractivity contribution in [1.29, 1.82) is 0 Å². The van der Waals surface area contributed by atoms with E-state index in [1.807, 2.05) is 24.3 Å². The smallest absolute Gasteiger partial charge is 0.355 e. The molecule has 2 heterocycles. The molecule has 0 spiro atoms. The Kier molecular flexibility index (Phi) is 3.96. The molecule has 1 aliphatic rings. The Labute approximate surface area is 148 Å². The van der Waals surface area contributed by atoms with Crippen LogP contribution in [0, 0.1) is 0 Å². The van der Waals surface area contributed by atoms with Gasteiger partial charge < -0.3 is 24.5 Å². The predicted molar refractivity (Wildman–Crippen MR) is 94.4 cm³/mol. The molecule has 0 saturated heterocycles. The van der Waals surface area contributed by atoms with E-state index < -0.39 is 18.0 Å². The maximum absolute atomic E-state index is 12.3. The van der Waals surface area contributed by atoms with Crippen molar-refractivity contribution < 1.29 is 23.8 Å². The lowest BCUT2D eigenvalue weighted by Crippen LogP contribution is -2.30. The number of anilines is 1. The van der Waals surface area contributed by atoms with Gasteiger partial charge in [-0.15, -0.1) is 0 Å². The van der Waals surface area contributed by atoms with E-state index in [-0.39, 0.29) is 6.79 Å². The number of H-pyrrole nitrogens is 1. The molecule has 0 saturated carbocycles. The van der Waals surface area contributed by atoms with E-state index in [9.17, 15) is 9.59 Å². The van der Waals surface area contributed by atoms with E-state index in [0.29, 0.717) is 22.9 Å². The minimum Gasteiger partial charge on any atom is -0.454 e. The Morgan fingerprint density at radius 1 is 1.12 bits per heavy atom. The molecule has 0 aliphatic carbocycles. The summed E-state index contributed by atoms with van der Waals surface area (Å²) in [7, 11) is 0. The fourth-order valence-electron chi connectivity index (χ4n) is 2.68. The summed E-state index contributed by atoms with van der Waals surface area (Å²) in [5.41, 5.74) is 1.67. The number of rotatable bonds is 4. The number of fused-ring (bicyclic) bond motifs is 2. The van der Waals surface area contributed by atoms with Crippen LogP contribution >= 0.6 is 0 Å². The second-order valence-corrected chi connectivity index (χ2v) is 5.88. The zero-order chi connectivity index (χ0) is 18.1. The Morgan fingerprint density at radius 2 is 1.92 bits per heavy atom. The van der Waals surface area contributed by atoms with Crippen LogP contribution in [0.1, 0.15) is 17.4 Å². The number of carbonyl (C=O) groups excluding carboxylic acids is 2. The first kappa shape index (κ1) is 16.0. The number of hydrogen-bond acceptors (Lipinski definition) is 5. The van der Waals surface area contributed by atoms with Gasteiger partial charge in [-0.25, -0.2) is 4.79 Å². The topological polar surface area (TPSA) is 89.7 Å². The van der Waals surface area contributed by atoms with Crippen LogP contribution < -0.4 is 14.8 Å². The molecule has 3 aromatic rings. The molecule has 2 N–H and O–H groups in total. The maximum atomic E-state index is 12.3. The summed E-state index contributed by atoms with van der Waals surface area (Å²) in [6.07, 6.45) is -0.959. The molecule has 0 radical (unpaired) electrons. The fraction of sp³-hybridized carbons (Fsp3) is 0.158. The van der Waals surface area contributed by atoms with Gasteiger partial charge >= 0.3 is 5.97 Å². The number of aromatic nitrogens is 1. The van der Waals surface area contributed by atoms with Gasteiger partial charge in [-0.3, -0.25) is 4.79 Å². The summed E-state index contributed by atoms with van der Waals surface area (Å²) < 4.78 is 15.7. The third-order valence-corrected chi connectivity index (χ3v) is 4.04. The average molecular weight is 352 g/mol. The van der Waals surface area contributed by atoms with E-state index in [0.717, 1.165) is 10.9 Å². The van der Waals surface area contributed by atoms with Gasteiger partial charge in [0.1, 0.15) is 5.69 Å². The molecule has 1 aliphatic heterocycles. The van der Waals surface area contributed by atoms with Crippen molar-refractivity contribution in [3.05, 3.63) is 54.2 Å². The average Bonchev–Trinajstić information content (AvgIpc) is 3.27. The van der Waals surface area contributed by atoms with Gasteiger partial charge in [-0.2, -0.15) is 0 Å². The highest BCUT2D eigenvalue weighted by Gasteiger charge is 2.21. The van der Waals surface area contributed by atoms with Crippen LogP contribution in [-0.2, 0) is 9.53 Å². The van der Waals surface area contributed by atoms with Crippen LogP contribution in [0.25, 0.3) is 10.9 Å². The Balaban J connectivity index is 1.41. The first-order valence-electron chi connectivity index (χ1n) is 8.09. The number of para-hydroxylation sites is 1. The summed E-state index contributed by atoms with van der Waals surface area (Å²) in [6.45, 7) is 1.67. The van der Waals surface area contributed by atoms with Gasteiger partial charge in [0.25, 0.3) is 5.91 Å². The molecule has 4 rings (SSSR count). The fourth-order valence-corrected chi connectivity index (χ4v) is 2.68. The van der Waals surface area contributed by atoms with E-state index in [1.54, 1.807) is 24.3 Å². The molecule has 2 aromatic carbocycles. The lowest BCUT2D eigenvalue weighted by Gasteiger charge is -2.13. The first-order chi connectivity index (χ1) is 12.6. The zero-order valence-corrected chi connectivity index (χ0v) is 13.9. The van der Waals surface area contributed by atoms with Crippen molar-refractivity contribution in [3.8, 4) is 11.5 Å². The molecular weight excluding hydrogens is 336 g/mol. The standard InChI is InChI=1S/C19H16N2O5/c1-11(18(22)20-13-6-7-16-17(9-13)25-10-24-16)26-19(23)15-8-12-4-2-3-5-14(12)21-15/h2-9,11,21H,10H2,1H3,(H,20,22)/t11-/m0/s1. The third kappa shape index (κ3) is 3.06. The third-order valence-electron chi connectivity index (χ3n) is 4.04. The van der Waals surface area contributed by atoms with Gasteiger partial charge in [-0.1, -0.05) is 18.2 Å². The number of aromatic amines is 1. The summed E-state index contributed by atoms with van der Waals surface area (Å²) in [5.74, 6) is 0.162. The molecule has 1 aromatic heterocycles. The van der Waals surface area contributed by atoms with Crippen molar-refractivity contribution >= 4 is 28.5 Å². The van der Waals surface area contributed by atoms with Crippen LogP contribution in [0.5, 0.6) is 11.5 Å². The number of amides is 1. The molecule has 0 unspecified atom stereocenters. The summed E-state index contributed by atoms with van der Waals surface area (Å²) in [4.78, 5) is 27.5. The Bertz CT molecular complexity index is 962. The van der Waals surface area contributed by atoms with Crippen LogP contribution in [0.15, 0.2) is 48.5 Å². The second kappa shape index (κ2) is 6.44. The Morgan fingerprint density at radius 3 is 2.77 bits per heavy atom. The van der Waals surface area contributed by atoms with E-state index in [4.69, 9.17) is 14.2 Å². The molecule has 7 nitrogen and oxygen atoms in total. The van der Waals surface area contributed by atoms with Crippen LogP contribution in [0.2, 0.25) is 0 Å². The van der Waals surface area contributed by atoms with Crippen molar-refractivity contribution in [1.82, 2.24) is 4.98 Å². The summed E-state index contributed by atoms with van der Waals surface area (Å²) in [5, 5.41) is 3.59. The highest BCUT2D eigenvalue weighted by Crippen LogP contribution is 2.34. The second-order valence-electron chi connectivity index (χ2n) is 5.88. The van der Waals surface area contributed by atoms with E-state index in [2.05, 4.69) is 10.3 Å². The van der Waals surface area contributed by atoms with Gasteiger partial charge in [-0.05, 0) is 31.2 Å². The lowest BCUT2D eigenvalue weighted by molar-refractivity contribution is -0.123. The van der Waals surface area contributed by atoms with Gasteiger partial charge in [0, 0.05) is 22.7 Å². The van der Waals surface area contributed by atoms with Crippen LogP contribution in [0.3, 0.4) is 0 Å². The molecule has 26 heavy (non-hydrogen) atoms. The SMILES string of the molecule is C[C@H](OC(=O)c1cc2ccccc2[nH]1)C(=O)Nc1ccc2c(c1)OCO2. The van der Waals surface area contributed by atoms with Crippen LogP contribution in [0.4, 0.5) is 5.69 Å². The number of carbonyl (C=O) groups is 2. The van der Waals surface area contributed by atoms with Crippen molar-refractivity contribution in [2.75, 3.05) is 12.1 Å². The summed E-state index contributed by atoms with van der Waals surface area (Å²) in [6, 6.07) is 14.3. The molecular formula is C19H16N2O5. The predicted octanol–water partition coefficient (Wildman–Crippen LogP) is 3.08. The minimum absolute atomic E-state index is 0.158. The van der Waals surface area contributed by atoms with E-state index in [1.165, 1.54) is 6.92 Å². The molecule has 0 bridgehead atoms. The molecule has 7 heteroatoms. The molecule has 1 amide bonds. The van der Waals surface area contributed by atoms with Crippen LogP contribution in [-0.4, -0.2) is 29.8 Å². The lowest BCUT2D eigenvalue weighted by atomic mass is 10.2. The van der Waals surface area contributed by atoms with Crippen molar-refractivity contribution in [2.45, 2.75) is 13.0 Å². The number of hydrogen-bond donors (Lipinski definition) is 2. The number of benzene rings is 2.